The second-order valence-electron chi connectivity index (χ2n) is 7.30. The zero-order chi connectivity index (χ0) is 22.7. The predicted molar refractivity (Wildman–Crippen MR) is 117 cm³/mol. The molecule has 0 spiro atoms. The summed E-state index contributed by atoms with van der Waals surface area (Å²) < 4.78 is 3.05. The highest BCUT2D eigenvalue weighted by Crippen LogP contribution is 2.17. The average Bonchev–Trinajstić information content (AvgIpc) is 3.19. The van der Waals surface area contributed by atoms with E-state index in [1.54, 1.807) is 6.07 Å². The summed E-state index contributed by atoms with van der Waals surface area (Å²) in [6.07, 6.45) is 2.94. The Kier molecular flexibility index (Phi) is 5.75. The molecular weight excluding hydrogens is 412 g/mol. The minimum absolute atomic E-state index is 0.0139. The van der Waals surface area contributed by atoms with E-state index in [1.165, 1.54) is 40.0 Å². The number of aromatic nitrogens is 4. The van der Waals surface area contributed by atoms with Gasteiger partial charge >= 0.3 is 0 Å². The molecule has 4 aromatic rings. The molecule has 0 aliphatic carbocycles. The van der Waals surface area contributed by atoms with Crippen molar-refractivity contribution >= 4 is 22.6 Å². The second-order valence-corrected chi connectivity index (χ2v) is 7.30. The van der Waals surface area contributed by atoms with Gasteiger partial charge in [-0.1, -0.05) is 42.0 Å². The molecule has 0 bridgehead atoms. The third-order valence-electron chi connectivity index (χ3n) is 5.01. The van der Waals surface area contributed by atoms with Crippen LogP contribution < -0.4 is 10.9 Å². The smallest absolute Gasteiger partial charge is 0.282 e. The monoisotopic (exact) mass is 432 g/mol. The Balaban J connectivity index is 1.47. The Morgan fingerprint density at radius 1 is 1.19 bits per heavy atom. The number of nitrogens with one attached hydrogen (secondary N) is 1. The third-order valence-corrected chi connectivity index (χ3v) is 5.01. The lowest BCUT2D eigenvalue weighted by Gasteiger charge is -2.08. The van der Waals surface area contributed by atoms with Crippen molar-refractivity contribution in [2.24, 2.45) is 0 Å². The summed E-state index contributed by atoms with van der Waals surface area (Å²) in [5.41, 5.74) is 2.05. The number of hydrogen-bond acceptors (Lipinski definition) is 6. The number of nitrogens with zero attached hydrogens (tertiary/aromatic N) is 5. The fraction of sp³-hybridized carbons (Fsp3) is 0.182. The van der Waals surface area contributed by atoms with Gasteiger partial charge in [-0.3, -0.25) is 24.3 Å². The summed E-state index contributed by atoms with van der Waals surface area (Å²) in [6, 6.07) is 13.6. The summed E-state index contributed by atoms with van der Waals surface area (Å²) >= 11 is 0. The zero-order valence-electron chi connectivity index (χ0n) is 17.3. The van der Waals surface area contributed by atoms with Crippen LogP contribution in [0.5, 0.6) is 0 Å². The first-order valence-electron chi connectivity index (χ1n) is 9.92. The fourth-order valence-electron chi connectivity index (χ4n) is 3.48. The Hall–Kier alpha value is -4.34. The van der Waals surface area contributed by atoms with Crippen LogP contribution in [-0.2, 0) is 13.1 Å². The summed E-state index contributed by atoms with van der Waals surface area (Å²) in [4.78, 5) is 40.1. The maximum Gasteiger partial charge on any atom is 0.282 e. The van der Waals surface area contributed by atoms with Crippen LogP contribution in [0.25, 0.3) is 11.0 Å². The normalized spacial score (nSPS) is 10.9. The van der Waals surface area contributed by atoms with Crippen LogP contribution in [-0.4, -0.2) is 36.7 Å². The van der Waals surface area contributed by atoms with E-state index in [4.69, 9.17) is 0 Å². The van der Waals surface area contributed by atoms with Gasteiger partial charge in [-0.2, -0.15) is 5.10 Å². The molecule has 0 aliphatic heterocycles. The number of nitro benzene ring substituents is 1. The van der Waals surface area contributed by atoms with Crippen molar-refractivity contribution in [1.29, 1.82) is 0 Å². The highest BCUT2D eigenvalue weighted by atomic mass is 16.6. The van der Waals surface area contributed by atoms with Crippen LogP contribution in [0.4, 0.5) is 5.69 Å². The number of rotatable bonds is 7. The number of amides is 1. The zero-order valence-corrected chi connectivity index (χ0v) is 17.3. The van der Waals surface area contributed by atoms with E-state index in [2.05, 4.69) is 15.4 Å². The Labute approximate surface area is 182 Å². The molecule has 1 amide bonds. The Morgan fingerprint density at radius 3 is 2.78 bits per heavy atom. The molecule has 0 saturated heterocycles. The van der Waals surface area contributed by atoms with Gasteiger partial charge in [-0.15, -0.1) is 0 Å². The molecule has 162 valence electrons. The number of fused-ring (bicyclic) bond motifs is 1. The van der Waals surface area contributed by atoms with Gasteiger partial charge in [0.1, 0.15) is 17.3 Å². The van der Waals surface area contributed by atoms with Gasteiger partial charge in [0, 0.05) is 12.6 Å². The van der Waals surface area contributed by atoms with Crippen molar-refractivity contribution in [2.75, 3.05) is 6.54 Å². The number of carbonyl (C=O) groups is 1. The van der Waals surface area contributed by atoms with Gasteiger partial charge in [0.15, 0.2) is 5.65 Å². The van der Waals surface area contributed by atoms with Gasteiger partial charge in [-0.05, 0) is 18.6 Å². The van der Waals surface area contributed by atoms with Crippen molar-refractivity contribution in [3.63, 3.8) is 0 Å². The lowest BCUT2D eigenvalue weighted by molar-refractivity contribution is -0.385. The van der Waals surface area contributed by atoms with Crippen LogP contribution >= 0.6 is 0 Å². The third kappa shape index (κ3) is 4.24. The molecule has 0 saturated carbocycles. The molecule has 2 aromatic carbocycles. The maximum atomic E-state index is 12.8. The van der Waals surface area contributed by atoms with Crippen LogP contribution in [0.15, 0.2) is 65.8 Å². The topological polar surface area (TPSA) is 125 Å². The van der Waals surface area contributed by atoms with Crippen molar-refractivity contribution in [3.05, 3.63) is 98.2 Å². The molecule has 10 heteroatoms. The number of hydrogen-bond donors (Lipinski definition) is 1. The van der Waals surface area contributed by atoms with Gasteiger partial charge in [-0.25, -0.2) is 9.67 Å². The summed E-state index contributed by atoms with van der Waals surface area (Å²) in [5.74, 6) is -0.553. The SMILES string of the molecule is Cc1cccc(Cn2cnc3c(cnn3CCNC(=O)c3ccccc3[N+](=O)[O-])c2=O)c1. The molecule has 2 heterocycles. The maximum absolute atomic E-state index is 12.8. The molecule has 1 N–H and O–H groups in total. The van der Waals surface area contributed by atoms with E-state index in [0.29, 0.717) is 17.6 Å². The number of para-hydroxylation sites is 1. The molecular formula is C22H20N6O4. The molecule has 2 aromatic heterocycles. The summed E-state index contributed by atoms with van der Waals surface area (Å²) in [7, 11) is 0. The standard InChI is InChI=1S/C22H20N6O4/c1-15-5-4-6-16(11-15)13-26-14-24-20-18(22(26)30)12-25-27(20)10-9-23-21(29)17-7-2-3-8-19(17)28(31)32/h2-8,11-12,14H,9-10,13H2,1H3,(H,23,29). The van der Waals surface area contributed by atoms with Crippen molar-refractivity contribution in [3.8, 4) is 0 Å². The molecule has 0 unspecified atom stereocenters. The van der Waals surface area contributed by atoms with Crippen LogP contribution in [0.2, 0.25) is 0 Å². The van der Waals surface area contributed by atoms with Gasteiger partial charge in [0.05, 0.1) is 24.2 Å². The van der Waals surface area contributed by atoms with E-state index >= 15 is 0 Å². The summed E-state index contributed by atoms with van der Waals surface area (Å²) in [6.45, 7) is 2.81. The van der Waals surface area contributed by atoms with Crippen molar-refractivity contribution in [1.82, 2.24) is 24.6 Å². The molecule has 32 heavy (non-hydrogen) atoms. The quantitative estimate of drug-likeness (QED) is 0.353. The lowest BCUT2D eigenvalue weighted by atomic mass is 10.1. The first kappa shape index (κ1) is 20.9. The molecule has 0 fully saturated rings. The highest BCUT2D eigenvalue weighted by Gasteiger charge is 2.19. The molecule has 0 atom stereocenters. The lowest BCUT2D eigenvalue weighted by Crippen LogP contribution is -2.28. The van der Waals surface area contributed by atoms with Gasteiger partial charge in [0.25, 0.3) is 17.2 Å². The predicted octanol–water partition coefficient (Wildman–Crippen LogP) is 2.29. The van der Waals surface area contributed by atoms with E-state index in [-0.39, 0.29) is 29.9 Å². The van der Waals surface area contributed by atoms with E-state index in [0.717, 1.165) is 11.1 Å². The van der Waals surface area contributed by atoms with Crippen molar-refractivity contribution < 1.29 is 9.72 Å². The molecule has 4 rings (SSSR count). The van der Waals surface area contributed by atoms with Gasteiger partial charge in [0.2, 0.25) is 0 Å². The van der Waals surface area contributed by atoms with E-state index < -0.39 is 10.8 Å². The van der Waals surface area contributed by atoms with E-state index in [1.807, 2.05) is 31.2 Å². The Morgan fingerprint density at radius 2 is 2.00 bits per heavy atom. The van der Waals surface area contributed by atoms with Crippen molar-refractivity contribution in [2.45, 2.75) is 20.0 Å². The second kappa shape index (κ2) is 8.80. The largest absolute Gasteiger partial charge is 0.350 e. The summed E-state index contributed by atoms with van der Waals surface area (Å²) in [5, 5.41) is 18.3. The number of nitro groups is 1. The fourth-order valence-corrected chi connectivity index (χ4v) is 3.48. The minimum atomic E-state index is -0.596. The number of benzene rings is 2. The molecule has 10 nitrogen and oxygen atoms in total. The highest BCUT2D eigenvalue weighted by molar-refractivity contribution is 5.98. The first-order chi connectivity index (χ1) is 15.4. The average molecular weight is 432 g/mol. The first-order valence-corrected chi connectivity index (χ1v) is 9.92. The van der Waals surface area contributed by atoms with E-state index in [9.17, 15) is 19.7 Å². The molecule has 0 aliphatic rings. The van der Waals surface area contributed by atoms with Gasteiger partial charge < -0.3 is 5.32 Å². The van der Waals surface area contributed by atoms with Crippen LogP contribution in [0.1, 0.15) is 21.5 Å². The van der Waals surface area contributed by atoms with Crippen LogP contribution in [0.3, 0.4) is 0 Å². The molecule has 0 radical (unpaired) electrons. The number of carbonyl (C=O) groups excluding carboxylic acids is 1. The Bertz CT molecular complexity index is 1370. The minimum Gasteiger partial charge on any atom is -0.350 e. The van der Waals surface area contributed by atoms with Crippen LogP contribution in [0, 0.1) is 17.0 Å². The number of aryl methyl sites for hydroxylation is 1.